The molecule has 1 amide bonds. The summed E-state index contributed by atoms with van der Waals surface area (Å²) in [6.07, 6.45) is -4.27. The quantitative estimate of drug-likeness (QED) is 0.762. The first-order valence-electron chi connectivity index (χ1n) is 5.11. The van der Waals surface area contributed by atoms with Gasteiger partial charge in [-0.1, -0.05) is 13.8 Å². The van der Waals surface area contributed by atoms with Crippen molar-refractivity contribution in [2.75, 3.05) is 6.54 Å². The zero-order valence-corrected chi connectivity index (χ0v) is 9.73. The molecule has 2 N–H and O–H groups in total. The van der Waals surface area contributed by atoms with Gasteiger partial charge < -0.3 is 10.4 Å². The molecule has 0 aromatic heterocycles. The van der Waals surface area contributed by atoms with Crippen molar-refractivity contribution in [3.63, 3.8) is 0 Å². The highest BCUT2D eigenvalue weighted by molar-refractivity contribution is 5.81. The van der Waals surface area contributed by atoms with Crippen LogP contribution >= 0.6 is 0 Å². The van der Waals surface area contributed by atoms with E-state index < -0.39 is 23.5 Å². The summed E-state index contributed by atoms with van der Waals surface area (Å²) in [6.45, 7) is 3.37. The molecule has 0 aromatic rings. The standard InChI is InChI=1S/C10H16F3NO3/c1-9(2,4-3-7(15)16)5-6-14-8(17)10(11,12)13/h3-6H2,1-2H3,(H,14,17)(H,15,16). The number of carboxylic acid groups (broad SMARTS) is 1. The molecule has 0 aliphatic heterocycles. The minimum atomic E-state index is -4.87. The zero-order chi connectivity index (χ0) is 13.7. The number of hydrogen-bond donors (Lipinski definition) is 2. The van der Waals surface area contributed by atoms with Crippen molar-refractivity contribution < 1.29 is 27.9 Å². The second-order valence-electron chi connectivity index (χ2n) is 4.56. The van der Waals surface area contributed by atoms with Crippen molar-refractivity contribution in [1.82, 2.24) is 5.32 Å². The highest BCUT2D eigenvalue weighted by atomic mass is 19.4. The predicted molar refractivity (Wildman–Crippen MR) is 54.3 cm³/mol. The largest absolute Gasteiger partial charge is 0.481 e. The molecular formula is C10H16F3NO3. The molecule has 7 heteroatoms. The van der Waals surface area contributed by atoms with E-state index in [-0.39, 0.29) is 13.0 Å². The van der Waals surface area contributed by atoms with Crippen LogP contribution in [-0.4, -0.2) is 29.7 Å². The smallest absolute Gasteiger partial charge is 0.471 e. The molecule has 0 bridgehead atoms. The van der Waals surface area contributed by atoms with Gasteiger partial charge in [0, 0.05) is 13.0 Å². The lowest BCUT2D eigenvalue weighted by Crippen LogP contribution is -2.38. The van der Waals surface area contributed by atoms with Gasteiger partial charge in [0.2, 0.25) is 0 Å². The minimum absolute atomic E-state index is 0.0415. The summed E-state index contributed by atoms with van der Waals surface area (Å²) < 4.78 is 35.5. The van der Waals surface area contributed by atoms with Crippen LogP contribution in [-0.2, 0) is 9.59 Å². The number of nitrogens with one attached hydrogen (secondary N) is 1. The average Bonchev–Trinajstić information content (AvgIpc) is 2.13. The summed E-state index contributed by atoms with van der Waals surface area (Å²) in [7, 11) is 0. The summed E-state index contributed by atoms with van der Waals surface area (Å²) in [4.78, 5) is 20.8. The van der Waals surface area contributed by atoms with Gasteiger partial charge in [0.05, 0.1) is 0 Å². The van der Waals surface area contributed by atoms with Gasteiger partial charge in [-0.3, -0.25) is 9.59 Å². The van der Waals surface area contributed by atoms with Gasteiger partial charge >= 0.3 is 18.1 Å². The molecule has 0 atom stereocenters. The number of hydrogen-bond acceptors (Lipinski definition) is 2. The SMILES string of the molecule is CC(C)(CCNC(=O)C(F)(F)F)CCC(=O)O. The summed E-state index contributed by atoms with van der Waals surface area (Å²) in [6, 6.07) is 0. The number of halogens is 3. The second-order valence-corrected chi connectivity index (χ2v) is 4.56. The molecule has 17 heavy (non-hydrogen) atoms. The molecule has 0 saturated heterocycles. The van der Waals surface area contributed by atoms with Crippen molar-refractivity contribution >= 4 is 11.9 Å². The van der Waals surface area contributed by atoms with Crippen molar-refractivity contribution in [3.05, 3.63) is 0 Å². The van der Waals surface area contributed by atoms with Crippen LogP contribution in [0.4, 0.5) is 13.2 Å². The van der Waals surface area contributed by atoms with E-state index in [1.807, 2.05) is 0 Å². The van der Waals surface area contributed by atoms with Crippen molar-refractivity contribution in [1.29, 1.82) is 0 Å². The first-order valence-corrected chi connectivity index (χ1v) is 5.11. The van der Waals surface area contributed by atoms with Crippen LogP contribution in [0.15, 0.2) is 0 Å². The van der Waals surface area contributed by atoms with Crippen LogP contribution in [0.25, 0.3) is 0 Å². The van der Waals surface area contributed by atoms with Crippen LogP contribution < -0.4 is 5.32 Å². The molecule has 0 fully saturated rings. The van der Waals surface area contributed by atoms with Gasteiger partial charge in [0.1, 0.15) is 0 Å². The third kappa shape index (κ3) is 7.59. The minimum Gasteiger partial charge on any atom is -0.481 e. The van der Waals surface area contributed by atoms with Crippen LogP contribution in [0.1, 0.15) is 33.1 Å². The van der Waals surface area contributed by atoms with Gasteiger partial charge in [0.25, 0.3) is 0 Å². The van der Waals surface area contributed by atoms with Crippen LogP contribution in [0.2, 0.25) is 0 Å². The summed E-state index contributed by atoms with van der Waals surface area (Å²) >= 11 is 0. The number of alkyl halides is 3. The first-order chi connectivity index (χ1) is 7.54. The Bertz CT molecular complexity index is 287. The normalized spacial score (nSPS) is 12.3. The van der Waals surface area contributed by atoms with Gasteiger partial charge in [-0.05, 0) is 18.3 Å². The van der Waals surface area contributed by atoms with E-state index in [1.54, 1.807) is 19.2 Å². The maximum absolute atomic E-state index is 11.8. The van der Waals surface area contributed by atoms with Gasteiger partial charge in [-0.2, -0.15) is 13.2 Å². The second kappa shape index (κ2) is 5.88. The monoisotopic (exact) mass is 255 g/mol. The number of carbonyl (C=O) groups excluding carboxylic acids is 1. The van der Waals surface area contributed by atoms with E-state index in [9.17, 15) is 22.8 Å². The van der Waals surface area contributed by atoms with E-state index in [4.69, 9.17) is 5.11 Å². The van der Waals surface area contributed by atoms with E-state index in [1.165, 1.54) is 0 Å². The van der Waals surface area contributed by atoms with Crippen LogP contribution in [0.3, 0.4) is 0 Å². The Balaban J connectivity index is 3.95. The van der Waals surface area contributed by atoms with E-state index >= 15 is 0 Å². The maximum atomic E-state index is 11.8. The van der Waals surface area contributed by atoms with Crippen LogP contribution in [0.5, 0.6) is 0 Å². The predicted octanol–water partition coefficient (Wildman–Crippen LogP) is 1.95. The molecular weight excluding hydrogens is 239 g/mol. The Morgan fingerprint density at radius 1 is 1.18 bits per heavy atom. The van der Waals surface area contributed by atoms with Crippen molar-refractivity contribution in [3.8, 4) is 0 Å². The Hall–Kier alpha value is -1.27. The molecule has 0 heterocycles. The summed E-state index contributed by atoms with van der Waals surface area (Å²) in [5, 5.41) is 10.2. The van der Waals surface area contributed by atoms with Crippen LogP contribution in [0, 0.1) is 5.41 Å². The van der Waals surface area contributed by atoms with Gasteiger partial charge in [-0.25, -0.2) is 0 Å². The van der Waals surface area contributed by atoms with Gasteiger partial charge in [-0.15, -0.1) is 0 Å². The summed E-state index contributed by atoms with van der Waals surface area (Å²) in [5.74, 6) is -2.91. The maximum Gasteiger partial charge on any atom is 0.471 e. The average molecular weight is 255 g/mol. The molecule has 0 aromatic carbocycles. The Labute approximate surface area is 97.2 Å². The fourth-order valence-electron chi connectivity index (χ4n) is 1.18. The molecule has 0 radical (unpaired) electrons. The highest BCUT2D eigenvalue weighted by Gasteiger charge is 2.38. The van der Waals surface area contributed by atoms with Crippen molar-refractivity contribution in [2.45, 2.75) is 39.3 Å². The Morgan fingerprint density at radius 2 is 1.71 bits per heavy atom. The van der Waals surface area contributed by atoms with Crippen molar-refractivity contribution in [2.24, 2.45) is 5.41 Å². The van der Waals surface area contributed by atoms with E-state index in [0.717, 1.165) is 0 Å². The topological polar surface area (TPSA) is 66.4 Å². The summed E-state index contributed by atoms with van der Waals surface area (Å²) in [5.41, 5.74) is -0.419. The molecule has 0 saturated carbocycles. The lowest BCUT2D eigenvalue weighted by molar-refractivity contribution is -0.173. The number of amides is 1. The highest BCUT2D eigenvalue weighted by Crippen LogP contribution is 2.26. The zero-order valence-electron chi connectivity index (χ0n) is 9.73. The number of aliphatic carboxylic acids is 1. The van der Waals surface area contributed by atoms with E-state index in [0.29, 0.717) is 12.8 Å². The number of carboxylic acids is 1. The first kappa shape index (κ1) is 15.7. The third-order valence-corrected chi connectivity index (χ3v) is 2.36. The lowest BCUT2D eigenvalue weighted by atomic mass is 9.84. The van der Waals surface area contributed by atoms with E-state index in [2.05, 4.69) is 0 Å². The van der Waals surface area contributed by atoms with Gasteiger partial charge in [0.15, 0.2) is 0 Å². The fraction of sp³-hybridized carbons (Fsp3) is 0.800. The number of rotatable bonds is 6. The lowest BCUT2D eigenvalue weighted by Gasteiger charge is -2.23. The number of carbonyl (C=O) groups is 2. The molecule has 100 valence electrons. The molecule has 0 aliphatic rings. The molecule has 4 nitrogen and oxygen atoms in total. The third-order valence-electron chi connectivity index (χ3n) is 2.36. The molecule has 0 rings (SSSR count). The molecule has 0 spiro atoms. The Kier molecular flexibility index (Phi) is 5.44. The Morgan fingerprint density at radius 3 is 2.12 bits per heavy atom. The molecule has 0 unspecified atom stereocenters. The molecule has 0 aliphatic carbocycles. The fourth-order valence-corrected chi connectivity index (χ4v) is 1.18.